The number of aryl methyl sites for hydroxylation is 2. The van der Waals surface area contributed by atoms with Gasteiger partial charge in [-0.15, -0.1) is 0 Å². The van der Waals surface area contributed by atoms with Crippen LogP contribution in [0.25, 0.3) is 0 Å². The first-order valence-corrected chi connectivity index (χ1v) is 18.9. The molecule has 13 nitrogen and oxygen atoms in total. The Hall–Kier alpha value is -4.63. The Morgan fingerprint density at radius 1 is 0.981 bits per heavy atom. The van der Waals surface area contributed by atoms with Crippen LogP contribution in [-0.2, 0) is 16.1 Å². The van der Waals surface area contributed by atoms with Crippen molar-refractivity contribution in [1.82, 2.24) is 30.1 Å². The van der Waals surface area contributed by atoms with Crippen LogP contribution >= 0.6 is 22.9 Å². The fraction of sp³-hybridized carbons (Fsp3) is 0.405. The molecule has 272 valence electrons. The van der Waals surface area contributed by atoms with Crippen LogP contribution in [0.1, 0.15) is 52.3 Å². The number of nitrogens with zero attached hydrogens (tertiary/aromatic N) is 6. The average Bonchev–Trinajstić information content (AvgIpc) is 3.60. The number of hydrogen-bond donors (Lipinski definition) is 4. The number of halogens is 1. The van der Waals surface area contributed by atoms with E-state index in [4.69, 9.17) is 16.6 Å². The summed E-state index contributed by atoms with van der Waals surface area (Å²) >= 11 is 7.55. The second kappa shape index (κ2) is 15.9. The number of hydrogen-bond acceptors (Lipinski definition) is 12. The molecule has 3 fully saturated rings. The van der Waals surface area contributed by atoms with E-state index in [1.165, 1.54) is 16.9 Å². The van der Waals surface area contributed by atoms with Crippen molar-refractivity contribution in [3.8, 4) is 0 Å². The minimum absolute atomic E-state index is 0.205. The van der Waals surface area contributed by atoms with E-state index in [2.05, 4.69) is 58.1 Å². The Kier molecular flexibility index (Phi) is 11.0. The van der Waals surface area contributed by atoms with Crippen molar-refractivity contribution in [3.05, 3.63) is 81.6 Å². The highest BCUT2D eigenvalue weighted by Crippen LogP contribution is 2.29. The van der Waals surface area contributed by atoms with Crippen molar-refractivity contribution in [1.29, 1.82) is 0 Å². The lowest BCUT2D eigenvalue weighted by Crippen LogP contribution is -2.53. The maximum absolute atomic E-state index is 12.9. The smallest absolute Gasteiger partial charge is 0.267 e. The first-order valence-electron chi connectivity index (χ1n) is 17.7. The van der Waals surface area contributed by atoms with E-state index in [0.29, 0.717) is 51.2 Å². The Morgan fingerprint density at radius 2 is 1.75 bits per heavy atom. The SMILES string of the molecule is Cc1nc(Nc2ncc(C(=O)Nc3c(C)cccc3Cl)s2)cc(N2CCC(N3CCN(Cc4ccc(NC5CCC(=O)NC5=O)cc4)CC3)CC2)n1. The van der Waals surface area contributed by atoms with Gasteiger partial charge < -0.3 is 20.9 Å². The molecule has 3 saturated heterocycles. The van der Waals surface area contributed by atoms with Crippen LogP contribution in [0.3, 0.4) is 0 Å². The van der Waals surface area contributed by atoms with E-state index in [0.717, 1.165) is 75.7 Å². The second-order valence-electron chi connectivity index (χ2n) is 13.6. The van der Waals surface area contributed by atoms with Crippen LogP contribution in [0.2, 0.25) is 5.02 Å². The Bertz CT molecular complexity index is 1900. The molecule has 5 heterocycles. The summed E-state index contributed by atoms with van der Waals surface area (Å²) in [6.07, 6.45) is 4.57. The molecule has 3 aliphatic heterocycles. The highest BCUT2D eigenvalue weighted by atomic mass is 35.5. The Balaban J connectivity index is 0.865. The van der Waals surface area contributed by atoms with Gasteiger partial charge in [0.2, 0.25) is 11.8 Å². The molecular weight excluding hydrogens is 700 g/mol. The molecule has 3 amide bonds. The van der Waals surface area contributed by atoms with Gasteiger partial charge in [0.05, 0.1) is 16.9 Å². The number of rotatable bonds is 10. The number of anilines is 5. The highest BCUT2D eigenvalue weighted by Gasteiger charge is 2.29. The first-order chi connectivity index (χ1) is 25.2. The molecule has 2 aromatic heterocycles. The fourth-order valence-electron chi connectivity index (χ4n) is 7.03. The van der Waals surface area contributed by atoms with Gasteiger partial charge in [-0.05, 0) is 62.4 Å². The predicted molar refractivity (Wildman–Crippen MR) is 205 cm³/mol. The van der Waals surface area contributed by atoms with Gasteiger partial charge in [-0.2, -0.15) is 0 Å². The molecule has 1 unspecified atom stereocenters. The number of benzene rings is 2. The summed E-state index contributed by atoms with van der Waals surface area (Å²) in [5.74, 6) is 1.47. The maximum atomic E-state index is 12.9. The predicted octanol–water partition coefficient (Wildman–Crippen LogP) is 5.20. The van der Waals surface area contributed by atoms with Crippen LogP contribution in [-0.4, -0.2) is 93.8 Å². The molecule has 52 heavy (non-hydrogen) atoms. The van der Waals surface area contributed by atoms with Crippen molar-refractivity contribution in [2.45, 2.75) is 58.2 Å². The normalized spacial score (nSPS) is 19.0. The van der Waals surface area contributed by atoms with Gasteiger partial charge in [0.1, 0.15) is 28.4 Å². The largest absolute Gasteiger partial charge is 0.374 e. The number of para-hydroxylation sites is 1. The van der Waals surface area contributed by atoms with Crippen LogP contribution in [0.5, 0.6) is 0 Å². The number of amides is 3. The maximum Gasteiger partial charge on any atom is 0.267 e. The number of nitrogens with one attached hydrogen (secondary N) is 4. The average molecular weight is 743 g/mol. The van der Waals surface area contributed by atoms with Gasteiger partial charge in [0.25, 0.3) is 5.91 Å². The number of carbonyl (C=O) groups is 3. The highest BCUT2D eigenvalue weighted by molar-refractivity contribution is 7.17. The van der Waals surface area contributed by atoms with E-state index in [1.54, 1.807) is 12.3 Å². The van der Waals surface area contributed by atoms with Crippen molar-refractivity contribution in [2.24, 2.45) is 0 Å². The van der Waals surface area contributed by atoms with Crippen LogP contribution in [0, 0.1) is 13.8 Å². The molecule has 0 spiro atoms. The number of imide groups is 1. The number of carbonyl (C=O) groups excluding carboxylic acids is 3. The molecule has 0 bridgehead atoms. The Morgan fingerprint density at radius 3 is 2.48 bits per heavy atom. The van der Waals surface area contributed by atoms with Crippen molar-refractivity contribution < 1.29 is 14.4 Å². The van der Waals surface area contributed by atoms with E-state index in [9.17, 15) is 14.4 Å². The summed E-state index contributed by atoms with van der Waals surface area (Å²) in [5.41, 5.74) is 3.62. The lowest BCUT2D eigenvalue weighted by molar-refractivity contribution is -0.133. The van der Waals surface area contributed by atoms with E-state index in [1.807, 2.05) is 44.2 Å². The standard InChI is InChI=1S/C37H43ClN10O3S/c1-23-4-3-5-28(38)34(23)45-36(51)30-21-39-37(52-30)43-31-20-32(41-24(2)40-31)48-14-12-27(13-15-48)47-18-16-46(17-19-47)22-25-6-8-26(9-7-25)42-29-10-11-33(49)44-35(29)50/h3-9,20-21,27,29,42H,10-19,22H2,1-2H3,(H,45,51)(H,44,49,50)(H,39,40,41,43). The zero-order valence-corrected chi connectivity index (χ0v) is 30.9. The van der Waals surface area contributed by atoms with Crippen LogP contribution in [0.15, 0.2) is 54.7 Å². The van der Waals surface area contributed by atoms with Gasteiger partial charge in [0.15, 0.2) is 5.13 Å². The zero-order valence-electron chi connectivity index (χ0n) is 29.3. The molecule has 1 atom stereocenters. The molecule has 4 aromatic rings. The third-order valence-electron chi connectivity index (χ3n) is 9.90. The Labute approximate surface area is 312 Å². The fourth-order valence-corrected chi connectivity index (χ4v) is 8.02. The summed E-state index contributed by atoms with van der Waals surface area (Å²) < 4.78 is 0. The van der Waals surface area contributed by atoms with Crippen LogP contribution < -0.4 is 26.2 Å². The second-order valence-corrected chi connectivity index (χ2v) is 15.0. The summed E-state index contributed by atoms with van der Waals surface area (Å²) in [4.78, 5) is 58.1. The van der Waals surface area contributed by atoms with Gasteiger partial charge >= 0.3 is 0 Å². The summed E-state index contributed by atoms with van der Waals surface area (Å²) in [5, 5.41) is 12.9. The van der Waals surface area contributed by atoms with Crippen molar-refractivity contribution in [2.75, 3.05) is 60.1 Å². The van der Waals surface area contributed by atoms with Crippen LogP contribution in [0.4, 0.5) is 28.1 Å². The zero-order chi connectivity index (χ0) is 36.2. The molecule has 4 N–H and O–H groups in total. The minimum Gasteiger partial charge on any atom is -0.374 e. The van der Waals surface area contributed by atoms with E-state index >= 15 is 0 Å². The monoisotopic (exact) mass is 742 g/mol. The number of thiazole rings is 1. The third-order valence-corrected chi connectivity index (χ3v) is 11.1. The molecular formula is C37H43ClN10O3S. The van der Waals surface area contributed by atoms with Gasteiger partial charge in [-0.25, -0.2) is 15.0 Å². The lowest BCUT2D eigenvalue weighted by Gasteiger charge is -2.43. The van der Waals surface area contributed by atoms with Crippen molar-refractivity contribution in [3.63, 3.8) is 0 Å². The van der Waals surface area contributed by atoms with Crippen molar-refractivity contribution >= 4 is 68.8 Å². The summed E-state index contributed by atoms with van der Waals surface area (Å²) in [6, 6.07) is 15.9. The number of piperidine rings is 2. The molecule has 7 rings (SSSR count). The number of piperazine rings is 1. The molecule has 2 aromatic carbocycles. The van der Waals surface area contributed by atoms with Gasteiger partial charge in [-0.3, -0.25) is 29.5 Å². The van der Waals surface area contributed by atoms with E-state index in [-0.39, 0.29) is 23.8 Å². The van der Waals surface area contributed by atoms with Gasteiger partial charge in [0, 0.05) is 70.0 Å². The summed E-state index contributed by atoms with van der Waals surface area (Å²) in [6.45, 7) is 10.7. The molecule has 15 heteroatoms. The van der Waals surface area contributed by atoms with Gasteiger partial charge in [-0.1, -0.05) is 47.2 Å². The lowest BCUT2D eigenvalue weighted by atomic mass is 10.0. The third kappa shape index (κ3) is 8.69. The molecule has 0 radical (unpaired) electrons. The quantitative estimate of drug-likeness (QED) is 0.159. The summed E-state index contributed by atoms with van der Waals surface area (Å²) in [7, 11) is 0. The number of aromatic nitrogens is 3. The first kappa shape index (κ1) is 35.8. The minimum atomic E-state index is -0.375. The molecule has 3 aliphatic rings. The molecule has 0 saturated carbocycles. The molecule has 0 aliphatic carbocycles. The van der Waals surface area contributed by atoms with E-state index < -0.39 is 0 Å². The topological polar surface area (TPSA) is 148 Å².